The summed E-state index contributed by atoms with van der Waals surface area (Å²) in [5.74, 6) is -1.85. The number of aromatic nitrogens is 2. The molecule has 0 radical (unpaired) electrons. The second-order valence-electron chi connectivity index (χ2n) is 8.64. The van der Waals surface area contributed by atoms with E-state index in [4.69, 9.17) is 16.0 Å². The number of furan rings is 1. The van der Waals surface area contributed by atoms with E-state index in [1.165, 1.54) is 18.4 Å². The Hall–Kier alpha value is -4.24. The molecule has 3 amide bonds. The Morgan fingerprint density at radius 2 is 1.84 bits per heavy atom. The monoisotopic (exact) mass is 520 g/mol. The molecule has 0 saturated carbocycles. The van der Waals surface area contributed by atoms with Crippen molar-refractivity contribution < 1.29 is 23.2 Å². The molecule has 2 aromatic carbocycles. The van der Waals surface area contributed by atoms with Crippen LogP contribution in [0.4, 0.5) is 4.39 Å². The lowest BCUT2D eigenvalue weighted by Gasteiger charge is -2.23. The smallest absolute Gasteiger partial charge is 0.287 e. The van der Waals surface area contributed by atoms with Crippen LogP contribution in [0.5, 0.6) is 0 Å². The highest BCUT2D eigenvalue weighted by Gasteiger charge is 2.37. The van der Waals surface area contributed by atoms with Gasteiger partial charge in [0.05, 0.1) is 29.2 Å². The summed E-state index contributed by atoms with van der Waals surface area (Å²) in [6.45, 7) is 2.46. The number of halogens is 2. The minimum atomic E-state index is -0.713. The van der Waals surface area contributed by atoms with Gasteiger partial charge in [-0.15, -0.1) is 0 Å². The van der Waals surface area contributed by atoms with Crippen LogP contribution >= 0.6 is 11.6 Å². The van der Waals surface area contributed by atoms with Crippen LogP contribution in [0.25, 0.3) is 11.3 Å². The first-order valence-electron chi connectivity index (χ1n) is 11.7. The van der Waals surface area contributed by atoms with E-state index in [0.717, 1.165) is 4.90 Å². The third kappa shape index (κ3) is 4.77. The predicted molar refractivity (Wildman–Crippen MR) is 134 cm³/mol. The molecule has 0 saturated heterocycles. The number of hydrogen-bond donors (Lipinski definition) is 1. The molecule has 0 unspecified atom stereocenters. The van der Waals surface area contributed by atoms with E-state index in [0.29, 0.717) is 34.5 Å². The normalized spacial score (nSPS) is 13.6. The first-order valence-corrected chi connectivity index (χ1v) is 12.0. The number of rotatable bonds is 8. The molecule has 4 aromatic rings. The molecule has 1 atom stereocenters. The van der Waals surface area contributed by atoms with Gasteiger partial charge in [-0.3, -0.25) is 19.3 Å². The zero-order chi connectivity index (χ0) is 26.1. The Morgan fingerprint density at radius 1 is 1.11 bits per heavy atom. The molecule has 37 heavy (non-hydrogen) atoms. The highest BCUT2D eigenvalue weighted by molar-refractivity contribution is 6.32. The van der Waals surface area contributed by atoms with Crippen molar-refractivity contribution in [2.24, 2.45) is 0 Å². The van der Waals surface area contributed by atoms with Gasteiger partial charge in [0.15, 0.2) is 10.9 Å². The third-order valence-electron chi connectivity index (χ3n) is 6.22. The number of nitrogens with one attached hydrogen (secondary N) is 1. The Labute approximate surface area is 216 Å². The van der Waals surface area contributed by atoms with Crippen LogP contribution in [0.2, 0.25) is 5.15 Å². The molecule has 0 bridgehead atoms. The second kappa shape index (κ2) is 10.0. The Balaban J connectivity index is 1.39. The van der Waals surface area contributed by atoms with Crippen molar-refractivity contribution in [2.75, 3.05) is 6.54 Å². The van der Waals surface area contributed by atoms with E-state index < -0.39 is 29.6 Å². The number of hydrogen-bond acceptors (Lipinski definition) is 5. The molecule has 0 aliphatic carbocycles. The first-order chi connectivity index (χ1) is 17.9. The highest BCUT2D eigenvalue weighted by Crippen LogP contribution is 2.29. The van der Waals surface area contributed by atoms with Crippen molar-refractivity contribution in [3.63, 3.8) is 0 Å². The van der Waals surface area contributed by atoms with Crippen molar-refractivity contribution in [2.45, 2.75) is 25.9 Å². The van der Waals surface area contributed by atoms with Crippen LogP contribution in [0.1, 0.15) is 43.8 Å². The number of carbonyl (C=O) groups excluding carboxylic acids is 3. The molecule has 3 heterocycles. The maximum absolute atomic E-state index is 13.8. The van der Waals surface area contributed by atoms with Gasteiger partial charge in [-0.1, -0.05) is 35.9 Å². The van der Waals surface area contributed by atoms with E-state index in [1.807, 2.05) is 11.5 Å². The summed E-state index contributed by atoms with van der Waals surface area (Å²) in [5, 5.41) is 3.12. The van der Waals surface area contributed by atoms with Gasteiger partial charge in [-0.05, 0) is 49.2 Å². The Morgan fingerprint density at radius 3 is 2.51 bits per heavy atom. The summed E-state index contributed by atoms with van der Waals surface area (Å²) in [7, 11) is 0. The van der Waals surface area contributed by atoms with E-state index >= 15 is 0 Å². The largest absolute Gasteiger partial charge is 0.458 e. The van der Waals surface area contributed by atoms with Gasteiger partial charge in [0.2, 0.25) is 0 Å². The number of benzene rings is 2. The van der Waals surface area contributed by atoms with Crippen LogP contribution in [0.3, 0.4) is 0 Å². The lowest BCUT2D eigenvalue weighted by molar-refractivity contribution is 0.0627. The molecule has 1 aliphatic rings. The number of carbonyl (C=O) groups is 3. The third-order valence-corrected chi connectivity index (χ3v) is 6.49. The molecule has 1 N–H and O–H groups in total. The predicted octanol–water partition coefficient (Wildman–Crippen LogP) is 4.59. The molecular weight excluding hydrogens is 499 g/mol. The molecule has 5 rings (SSSR count). The fourth-order valence-electron chi connectivity index (χ4n) is 4.45. The zero-order valence-corrected chi connectivity index (χ0v) is 20.5. The number of fused-ring (bicyclic) bond motifs is 1. The van der Waals surface area contributed by atoms with Gasteiger partial charge in [0, 0.05) is 18.7 Å². The van der Waals surface area contributed by atoms with Crippen LogP contribution in [-0.2, 0) is 13.0 Å². The first kappa shape index (κ1) is 24.5. The number of amides is 3. The summed E-state index contributed by atoms with van der Waals surface area (Å²) in [6, 6.07) is 13.3. The van der Waals surface area contributed by atoms with Crippen LogP contribution in [0.15, 0.2) is 71.6 Å². The maximum atomic E-state index is 13.8. The van der Waals surface area contributed by atoms with Crippen molar-refractivity contribution >= 4 is 29.3 Å². The van der Waals surface area contributed by atoms with Crippen molar-refractivity contribution in [1.82, 2.24) is 19.8 Å². The quantitative estimate of drug-likeness (QED) is 0.343. The van der Waals surface area contributed by atoms with E-state index in [-0.39, 0.29) is 23.9 Å². The SMILES string of the molecule is CCn1cnc(Cl)c1-c1coc(C(=O)N[C@@H](Cc2cccc(F)c2)CN2C(=O)c3ccccc3C2=O)c1. The summed E-state index contributed by atoms with van der Waals surface area (Å²) >= 11 is 6.22. The highest BCUT2D eigenvalue weighted by atomic mass is 35.5. The number of imide groups is 1. The Bertz CT molecular complexity index is 1480. The van der Waals surface area contributed by atoms with Crippen molar-refractivity contribution in [3.05, 3.63) is 101 Å². The molecule has 0 fully saturated rings. The van der Waals surface area contributed by atoms with Crippen molar-refractivity contribution in [3.8, 4) is 11.3 Å². The lowest BCUT2D eigenvalue weighted by Crippen LogP contribution is -2.46. The van der Waals surface area contributed by atoms with E-state index in [1.54, 1.807) is 48.8 Å². The summed E-state index contributed by atoms with van der Waals surface area (Å²) in [6.07, 6.45) is 3.19. The molecule has 0 spiro atoms. The molecule has 2 aromatic heterocycles. The number of aryl methyl sites for hydroxylation is 1. The minimum absolute atomic E-state index is 0.0153. The zero-order valence-electron chi connectivity index (χ0n) is 19.8. The molecule has 1 aliphatic heterocycles. The average molecular weight is 521 g/mol. The summed E-state index contributed by atoms with van der Waals surface area (Å²) in [5.41, 5.74) is 2.42. The van der Waals surface area contributed by atoms with Gasteiger partial charge < -0.3 is 14.3 Å². The second-order valence-corrected chi connectivity index (χ2v) is 9.00. The number of imidazole rings is 1. The topological polar surface area (TPSA) is 97.4 Å². The van der Waals surface area contributed by atoms with Gasteiger partial charge in [0.25, 0.3) is 17.7 Å². The molecule has 8 nitrogen and oxygen atoms in total. The fourth-order valence-corrected chi connectivity index (χ4v) is 4.71. The van der Waals surface area contributed by atoms with Gasteiger partial charge in [0.1, 0.15) is 12.1 Å². The van der Waals surface area contributed by atoms with Crippen molar-refractivity contribution in [1.29, 1.82) is 0 Å². The number of nitrogens with zero attached hydrogens (tertiary/aromatic N) is 3. The summed E-state index contributed by atoms with van der Waals surface area (Å²) < 4.78 is 21.2. The van der Waals surface area contributed by atoms with E-state index in [9.17, 15) is 18.8 Å². The average Bonchev–Trinajstić information content (AvgIpc) is 3.57. The minimum Gasteiger partial charge on any atom is -0.458 e. The van der Waals surface area contributed by atoms with Crippen LogP contribution in [0, 0.1) is 5.82 Å². The molecule has 10 heteroatoms. The Kier molecular flexibility index (Phi) is 6.62. The standard InChI is InChI=1S/C27H22ClFN4O4/c1-2-32-15-30-24(28)23(32)17-12-22(37-14-17)25(34)31-19(11-16-6-5-7-18(29)10-16)13-33-26(35)20-8-3-4-9-21(20)27(33)36/h3-10,12,14-15,19H,2,11,13H2,1H3,(H,31,34)/t19-/m0/s1. The van der Waals surface area contributed by atoms with Gasteiger partial charge >= 0.3 is 0 Å². The van der Waals surface area contributed by atoms with Crippen LogP contribution in [-0.4, -0.2) is 44.8 Å². The molecule has 188 valence electrons. The van der Waals surface area contributed by atoms with Crippen LogP contribution < -0.4 is 5.32 Å². The van der Waals surface area contributed by atoms with E-state index in [2.05, 4.69) is 10.3 Å². The fraction of sp³-hybridized carbons (Fsp3) is 0.185. The maximum Gasteiger partial charge on any atom is 0.287 e. The van der Waals surface area contributed by atoms with Gasteiger partial charge in [-0.2, -0.15) is 0 Å². The lowest BCUT2D eigenvalue weighted by atomic mass is 10.0. The molecular formula is C27H22ClFN4O4. The summed E-state index contributed by atoms with van der Waals surface area (Å²) in [4.78, 5) is 44.2. The van der Waals surface area contributed by atoms with Gasteiger partial charge in [-0.25, -0.2) is 9.37 Å².